The summed E-state index contributed by atoms with van der Waals surface area (Å²) >= 11 is 0. The summed E-state index contributed by atoms with van der Waals surface area (Å²) in [6.45, 7) is 3.35. The zero-order valence-electron chi connectivity index (χ0n) is 15.0. The highest BCUT2D eigenvalue weighted by atomic mass is 16.5. The fraction of sp³-hybridized carbons (Fsp3) is 0.812. The van der Waals surface area contributed by atoms with Crippen molar-refractivity contribution in [3.63, 3.8) is 0 Å². The largest absolute Gasteiger partial charge is 0.381 e. The zero-order chi connectivity index (χ0) is 17.0. The Morgan fingerprint density at radius 2 is 2.25 bits per heavy atom. The SMILES string of the molecule is CN=C(NCC1(N(C)C)CCOCC1)NC1CCc2ncnn2C1. The summed E-state index contributed by atoms with van der Waals surface area (Å²) in [5, 5.41) is 11.3. The lowest BCUT2D eigenvalue weighted by molar-refractivity contribution is -0.00503. The predicted octanol–water partition coefficient (Wildman–Crippen LogP) is -0.131. The molecule has 0 bridgehead atoms. The number of ether oxygens (including phenoxy) is 1. The first-order chi connectivity index (χ1) is 11.6. The number of hydrogen-bond donors (Lipinski definition) is 2. The lowest BCUT2D eigenvalue weighted by Crippen LogP contribution is -2.58. The number of nitrogens with one attached hydrogen (secondary N) is 2. The molecule has 2 N–H and O–H groups in total. The van der Waals surface area contributed by atoms with E-state index in [1.54, 1.807) is 6.33 Å². The quantitative estimate of drug-likeness (QED) is 0.589. The van der Waals surface area contributed by atoms with Gasteiger partial charge in [0.15, 0.2) is 5.96 Å². The summed E-state index contributed by atoms with van der Waals surface area (Å²) in [5.74, 6) is 1.93. The molecule has 2 aliphatic rings. The van der Waals surface area contributed by atoms with Crippen LogP contribution in [-0.2, 0) is 17.7 Å². The number of likely N-dealkylation sites (N-methyl/N-ethyl adjacent to an activating group) is 1. The van der Waals surface area contributed by atoms with Crippen molar-refractivity contribution >= 4 is 5.96 Å². The predicted molar refractivity (Wildman–Crippen MR) is 93.1 cm³/mol. The van der Waals surface area contributed by atoms with E-state index < -0.39 is 0 Å². The van der Waals surface area contributed by atoms with Crippen molar-refractivity contribution in [1.82, 2.24) is 30.3 Å². The maximum absolute atomic E-state index is 5.54. The van der Waals surface area contributed by atoms with Gasteiger partial charge in [-0.3, -0.25) is 4.99 Å². The molecule has 0 radical (unpaired) electrons. The van der Waals surface area contributed by atoms with Crippen LogP contribution in [0.2, 0.25) is 0 Å². The van der Waals surface area contributed by atoms with Crippen molar-refractivity contribution in [2.24, 2.45) is 4.99 Å². The molecule has 0 aromatic carbocycles. The van der Waals surface area contributed by atoms with Gasteiger partial charge >= 0.3 is 0 Å². The Morgan fingerprint density at radius 1 is 1.46 bits per heavy atom. The number of aromatic nitrogens is 3. The van der Waals surface area contributed by atoms with Crippen molar-refractivity contribution in [2.45, 2.75) is 43.8 Å². The van der Waals surface area contributed by atoms with Crippen molar-refractivity contribution in [3.8, 4) is 0 Å². The number of fused-ring (bicyclic) bond motifs is 1. The molecule has 0 spiro atoms. The Kier molecular flexibility index (Phi) is 5.35. The Labute approximate surface area is 143 Å². The molecule has 134 valence electrons. The van der Waals surface area contributed by atoms with E-state index in [9.17, 15) is 0 Å². The van der Waals surface area contributed by atoms with E-state index in [0.717, 1.165) is 63.8 Å². The molecule has 8 heteroatoms. The lowest BCUT2D eigenvalue weighted by Gasteiger charge is -2.43. The Morgan fingerprint density at radius 3 is 2.96 bits per heavy atom. The molecule has 2 aliphatic heterocycles. The molecule has 1 unspecified atom stereocenters. The van der Waals surface area contributed by atoms with Crippen LogP contribution < -0.4 is 10.6 Å². The Bertz CT molecular complexity index is 563. The number of nitrogens with zero attached hydrogens (tertiary/aromatic N) is 5. The van der Waals surface area contributed by atoms with Crippen molar-refractivity contribution < 1.29 is 4.74 Å². The third-order valence-corrected chi connectivity index (χ3v) is 5.33. The van der Waals surface area contributed by atoms with Gasteiger partial charge in [-0.25, -0.2) is 9.67 Å². The maximum Gasteiger partial charge on any atom is 0.191 e. The minimum atomic E-state index is 0.126. The van der Waals surface area contributed by atoms with Crippen LogP contribution in [-0.4, -0.2) is 78.1 Å². The van der Waals surface area contributed by atoms with Gasteiger partial charge in [-0.05, 0) is 33.4 Å². The topological polar surface area (TPSA) is 79.6 Å². The first kappa shape index (κ1) is 17.2. The number of guanidine groups is 1. The highest BCUT2D eigenvalue weighted by Crippen LogP contribution is 2.25. The highest BCUT2D eigenvalue weighted by Gasteiger charge is 2.35. The average Bonchev–Trinajstić information content (AvgIpc) is 3.07. The second-order valence-electron chi connectivity index (χ2n) is 6.90. The normalized spacial score (nSPS) is 23.8. The molecule has 8 nitrogen and oxygen atoms in total. The van der Waals surface area contributed by atoms with Crippen LogP contribution in [0, 0.1) is 0 Å². The third-order valence-electron chi connectivity index (χ3n) is 5.33. The van der Waals surface area contributed by atoms with E-state index in [1.807, 2.05) is 11.7 Å². The summed E-state index contributed by atoms with van der Waals surface area (Å²) in [7, 11) is 6.12. The van der Waals surface area contributed by atoms with Crippen LogP contribution in [0.3, 0.4) is 0 Å². The molecule has 0 saturated carbocycles. The van der Waals surface area contributed by atoms with Crippen LogP contribution in [0.5, 0.6) is 0 Å². The number of aryl methyl sites for hydroxylation is 1. The van der Waals surface area contributed by atoms with Gasteiger partial charge in [-0.15, -0.1) is 0 Å². The fourth-order valence-corrected chi connectivity index (χ4v) is 3.53. The van der Waals surface area contributed by atoms with Crippen molar-refractivity contribution in [2.75, 3.05) is 40.9 Å². The maximum atomic E-state index is 5.54. The molecule has 0 aliphatic carbocycles. The van der Waals surface area contributed by atoms with E-state index in [4.69, 9.17) is 4.74 Å². The number of rotatable bonds is 4. The van der Waals surface area contributed by atoms with E-state index in [1.165, 1.54) is 0 Å². The van der Waals surface area contributed by atoms with Gasteiger partial charge in [-0.1, -0.05) is 0 Å². The van der Waals surface area contributed by atoms with Crippen molar-refractivity contribution in [1.29, 1.82) is 0 Å². The Balaban J connectivity index is 1.55. The van der Waals surface area contributed by atoms with Gasteiger partial charge < -0.3 is 20.3 Å². The van der Waals surface area contributed by atoms with Gasteiger partial charge in [0.1, 0.15) is 12.2 Å². The molecule has 3 rings (SSSR count). The minimum absolute atomic E-state index is 0.126. The van der Waals surface area contributed by atoms with Gasteiger partial charge in [-0.2, -0.15) is 5.10 Å². The second kappa shape index (κ2) is 7.48. The summed E-state index contributed by atoms with van der Waals surface area (Å²) in [4.78, 5) is 11.0. The lowest BCUT2D eigenvalue weighted by atomic mass is 9.88. The molecule has 1 aromatic heterocycles. The first-order valence-electron chi connectivity index (χ1n) is 8.72. The molecule has 24 heavy (non-hydrogen) atoms. The molecule has 1 saturated heterocycles. The highest BCUT2D eigenvalue weighted by molar-refractivity contribution is 5.80. The number of hydrogen-bond acceptors (Lipinski definition) is 5. The summed E-state index contributed by atoms with van der Waals surface area (Å²) in [6.07, 6.45) is 5.71. The average molecular weight is 335 g/mol. The van der Waals surface area contributed by atoms with Gasteiger partial charge in [0.2, 0.25) is 0 Å². The molecule has 1 aromatic rings. The summed E-state index contributed by atoms with van der Waals surface area (Å²) < 4.78 is 7.52. The first-order valence-corrected chi connectivity index (χ1v) is 8.72. The van der Waals surface area contributed by atoms with Gasteiger partial charge in [0.05, 0.1) is 6.54 Å². The second-order valence-corrected chi connectivity index (χ2v) is 6.90. The molecular weight excluding hydrogens is 306 g/mol. The van der Waals surface area contributed by atoms with Crippen LogP contribution in [0.15, 0.2) is 11.3 Å². The third kappa shape index (κ3) is 3.70. The monoisotopic (exact) mass is 335 g/mol. The standard InChI is InChI=1S/C16H29N7O/c1-17-15(18-11-16(22(2)3)6-8-24-9-7-16)21-13-4-5-14-19-12-20-23(14)10-13/h12-13H,4-11H2,1-3H3,(H2,17,18,21). The summed E-state index contributed by atoms with van der Waals surface area (Å²) in [6, 6.07) is 0.329. The van der Waals surface area contributed by atoms with Gasteiger partial charge in [0, 0.05) is 44.8 Å². The van der Waals surface area contributed by atoms with E-state index in [0.29, 0.717) is 6.04 Å². The Hall–Kier alpha value is -1.67. The van der Waals surface area contributed by atoms with E-state index in [-0.39, 0.29) is 5.54 Å². The van der Waals surface area contributed by atoms with Crippen LogP contribution in [0.4, 0.5) is 0 Å². The van der Waals surface area contributed by atoms with Crippen LogP contribution in [0.25, 0.3) is 0 Å². The van der Waals surface area contributed by atoms with Crippen LogP contribution in [0.1, 0.15) is 25.1 Å². The fourth-order valence-electron chi connectivity index (χ4n) is 3.53. The molecule has 3 heterocycles. The van der Waals surface area contributed by atoms with Crippen molar-refractivity contribution in [3.05, 3.63) is 12.2 Å². The van der Waals surface area contributed by atoms with Crippen LogP contribution >= 0.6 is 0 Å². The molecular formula is C16H29N7O. The molecule has 1 atom stereocenters. The summed E-state index contributed by atoms with van der Waals surface area (Å²) in [5.41, 5.74) is 0.126. The zero-order valence-corrected chi connectivity index (χ0v) is 15.0. The van der Waals surface area contributed by atoms with E-state index in [2.05, 4.69) is 44.7 Å². The van der Waals surface area contributed by atoms with E-state index >= 15 is 0 Å². The molecule has 0 amide bonds. The molecule has 1 fully saturated rings. The minimum Gasteiger partial charge on any atom is -0.381 e. The van der Waals surface area contributed by atoms with Gasteiger partial charge in [0.25, 0.3) is 0 Å². The smallest absolute Gasteiger partial charge is 0.191 e. The number of aliphatic imine (C=N–C) groups is 1.